The van der Waals surface area contributed by atoms with Crippen LogP contribution in [0.4, 0.5) is 5.69 Å². The third kappa shape index (κ3) is 3.65. The number of aryl methyl sites for hydroxylation is 1. The van der Waals surface area contributed by atoms with E-state index in [-0.39, 0.29) is 11.8 Å². The van der Waals surface area contributed by atoms with Crippen molar-refractivity contribution in [3.05, 3.63) is 102 Å². The number of allylic oxidation sites excluding steroid dienone is 3. The van der Waals surface area contributed by atoms with E-state index in [1.165, 1.54) is 27.2 Å². The second-order valence-electron chi connectivity index (χ2n) is 9.41. The van der Waals surface area contributed by atoms with Crippen molar-refractivity contribution in [2.45, 2.75) is 25.7 Å². The molecule has 4 aromatic rings. The summed E-state index contributed by atoms with van der Waals surface area (Å²) in [5.74, 6) is -0.787. The fourth-order valence-electron chi connectivity index (χ4n) is 5.26. The zero-order valence-electron chi connectivity index (χ0n) is 19.8. The lowest BCUT2D eigenvalue weighted by Gasteiger charge is -2.26. The number of anilines is 1. The Hall–Kier alpha value is -3.92. The number of benzene rings is 3. The van der Waals surface area contributed by atoms with Gasteiger partial charge in [-0.2, -0.15) is 0 Å². The Morgan fingerprint density at radius 3 is 2.53 bits per heavy atom. The van der Waals surface area contributed by atoms with Crippen LogP contribution in [0.1, 0.15) is 31.4 Å². The number of hydrogen-bond donors (Lipinski definition) is 1. The maximum absolute atomic E-state index is 11.4. The van der Waals surface area contributed by atoms with Crippen LogP contribution in [0.25, 0.3) is 27.8 Å². The predicted molar refractivity (Wildman–Crippen MR) is 139 cm³/mol. The minimum Gasteiger partial charge on any atom is -0.481 e. The van der Waals surface area contributed by atoms with E-state index >= 15 is 0 Å². The highest BCUT2D eigenvalue weighted by atomic mass is 16.4. The number of carboxylic acids is 1. The van der Waals surface area contributed by atoms with Crippen LogP contribution in [-0.2, 0) is 17.3 Å². The zero-order chi connectivity index (χ0) is 23.9. The molecule has 0 atom stereocenters. The van der Waals surface area contributed by atoms with Gasteiger partial charge in [-0.3, -0.25) is 4.79 Å². The van der Waals surface area contributed by atoms with Gasteiger partial charge >= 0.3 is 5.97 Å². The minimum atomic E-state index is -0.787. The number of aliphatic carboxylic acids is 1. The summed E-state index contributed by atoms with van der Waals surface area (Å²) in [5, 5.41) is 13.0. The van der Waals surface area contributed by atoms with Crippen molar-refractivity contribution in [2.75, 3.05) is 11.4 Å². The Kier molecular flexibility index (Phi) is 5.45. The molecule has 170 valence electrons. The van der Waals surface area contributed by atoms with Gasteiger partial charge in [0.15, 0.2) is 6.20 Å². The first-order chi connectivity index (χ1) is 16.4. The minimum absolute atomic E-state index is 0.0865. The molecule has 0 saturated carbocycles. The van der Waals surface area contributed by atoms with Gasteiger partial charge in [-0.15, -0.1) is 0 Å². The fourth-order valence-corrected chi connectivity index (χ4v) is 5.26. The van der Waals surface area contributed by atoms with Crippen molar-refractivity contribution >= 4 is 39.4 Å². The number of para-hydroxylation sites is 1. The van der Waals surface area contributed by atoms with Crippen molar-refractivity contribution < 1.29 is 14.5 Å². The second-order valence-corrected chi connectivity index (χ2v) is 9.41. The summed E-state index contributed by atoms with van der Waals surface area (Å²) in [5.41, 5.74) is 5.54. The average molecular weight is 450 g/mol. The number of fused-ring (bicyclic) bond motifs is 4. The van der Waals surface area contributed by atoms with Gasteiger partial charge in [0.2, 0.25) is 5.52 Å². The number of aromatic nitrogens is 1. The molecule has 4 nitrogen and oxygen atoms in total. The highest BCUT2D eigenvalue weighted by Gasteiger charge is 2.41. The number of carbonyl (C=O) groups is 1. The van der Waals surface area contributed by atoms with E-state index < -0.39 is 5.97 Å². The molecule has 5 rings (SSSR count). The molecule has 0 spiro atoms. The lowest BCUT2D eigenvalue weighted by atomic mass is 9.81. The van der Waals surface area contributed by atoms with E-state index in [0.717, 1.165) is 16.9 Å². The highest BCUT2D eigenvalue weighted by Crippen LogP contribution is 2.50. The third-order valence-corrected chi connectivity index (χ3v) is 6.91. The largest absolute Gasteiger partial charge is 0.481 e. The summed E-state index contributed by atoms with van der Waals surface area (Å²) in [4.78, 5) is 13.6. The zero-order valence-corrected chi connectivity index (χ0v) is 19.8. The van der Waals surface area contributed by atoms with Crippen LogP contribution >= 0.6 is 0 Å². The van der Waals surface area contributed by atoms with Crippen LogP contribution in [0.15, 0.2) is 90.8 Å². The maximum Gasteiger partial charge on any atom is 0.305 e. The van der Waals surface area contributed by atoms with Crippen LogP contribution in [-0.4, -0.2) is 17.6 Å². The molecule has 1 aliphatic heterocycles. The van der Waals surface area contributed by atoms with Crippen LogP contribution in [0.2, 0.25) is 0 Å². The first-order valence-electron chi connectivity index (χ1n) is 11.7. The van der Waals surface area contributed by atoms with Gasteiger partial charge in [0, 0.05) is 35.5 Å². The smallest absolute Gasteiger partial charge is 0.305 e. The van der Waals surface area contributed by atoms with Crippen LogP contribution in [0.5, 0.6) is 0 Å². The summed E-state index contributed by atoms with van der Waals surface area (Å²) in [6, 6.07) is 23.2. The Balaban J connectivity index is 1.61. The topological polar surface area (TPSA) is 44.4 Å². The van der Waals surface area contributed by atoms with E-state index in [4.69, 9.17) is 0 Å². The Bertz CT molecular complexity index is 1480. The van der Waals surface area contributed by atoms with E-state index in [9.17, 15) is 9.90 Å². The molecule has 3 aromatic carbocycles. The summed E-state index contributed by atoms with van der Waals surface area (Å²) in [6.07, 6.45) is 8.56. The molecular weight excluding hydrogens is 420 g/mol. The molecule has 0 unspecified atom stereocenters. The van der Waals surface area contributed by atoms with Crippen LogP contribution in [0, 0.1) is 0 Å². The molecule has 34 heavy (non-hydrogen) atoms. The van der Waals surface area contributed by atoms with Gasteiger partial charge in [0.25, 0.3) is 0 Å². The molecule has 4 heteroatoms. The van der Waals surface area contributed by atoms with Crippen LogP contribution < -0.4 is 9.47 Å². The monoisotopic (exact) mass is 449 g/mol. The van der Waals surface area contributed by atoms with Gasteiger partial charge in [-0.05, 0) is 40.1 Å². The second kappa shape index (κ2) is 8.45. The molecule has 2 heterocycles. The molecule has 1 aromatic heterocycles. The quantitative estimate of drug-likeness (QED) is 0.381. The van der Waals surface area contributed by atoms with E-state index in [1.54, 1.807) is 0 Å². The van der Waals surface area contributed by atoms with Gasteiger partial charge in [-0.25, -0.2) is 4.57 Å². The number of nitrogens with zero attached hydrogens (tertiary/aromatic N) is 2. The molecule has 1 N–H and O–H groups in total. The standard InChI is InChI=1S/C30H28N2O2/c1-30(2)27(14-8-10-22-17-19-31(3)25-13-7-6-11-23(22)25)32(20-18-28(33)34)26-16-15-21-9-4-5-12-24(21)29(26)30/h4-17,19H,18,20H2,1-3H3/p+1. The SMILES string of the molecule is C[n+]1ccc(/C=C/C=C2\N(CCC(=O)O)c3ccc4ccccc4c3C2(C)C)c2ccccc21. The first kappa shape index (κ1) is 21.9. The van der Waals surface area contributed by atoms with Gasteiger partial charge in [0.05, 0.1) is 11.8 Å². The molecule has 0 fully saturated rings. The number of pyridine rings is 1. The highest BCUT2D eigenvalue weighted by molar-refractivity contribution is 5.95. The third-order valence-electron chi connectivity index (χ3n) is 6.91. The lowest BCUT2D eigenvalue weighted by molar-refractivity contribution is -0.644. The fraction of sp³-hybridized carbons (Fsp3) is 0.200. The Morgan fingerprint density at radius 2 is 1.74 bits per heavy atom. The summed E-state index contributed by atoms with van der Waals surface area (Å²) >= 11 is 0. The molecule has 0 saturated heterocycles. The molecule has 0 amide bonds. The molecule has 1 aliphatic rings. The van der Waals surface area contributed by atoms with Gasteiger partial charge in [0.1, 0.15) is 7.05 Å². The van der Waals surface area contributed by atoms with E-state index in [2.05, 4.69) is 122 Å². The average Bonchev–Trinajstić information content (AvgIpc) is 3.05. The molecule has 0 aliphatic carbocycles. The van der Waals surface area contributed by atoms with Crippen molar-refractivity contribution in [2.24, 2.45) is 7.05 Å². The summed E-state index contributed by atoms with van der Waals surface area (Å²) in [6.45, 7) is 4.90. The normalized spacial score (nSPS) is 16.1. The van der Waals surface area contributed by atoms with Crippen molar-refractivity contribution in [1.82, 2.24) is 0 Å². The number of carboxylic acid groups (broad SMARTS) is 1. The first-order valence-corrected chi connectivity index (χ1v) is 11.7. The molecular formula is C30H29N2O2+. The number of rotatable bonds is 5. The lowest BCUT2D eigenvalue weighted by Crippen LogP contribution is -2.28. The molecule has 0 radical (unpaired) electrons. The van der Waals surface area contributed by atoms with Crippen LogP contribution in [0.3, 0.4) is 0 Å². The van der Waals surface area contributed by atoms with Gasteiger partial charge in [-0.1, -0.05) is 68.5 Å². The Labute approximate surface area is 200 Å². The molecule has 0 bridgehead atoms. The maximum atomic E-state index is 11.4. The number of hydrogen-bond acceptors (Lipinski definition) is 2. The van der Waals surface area contributed by atoms with Crippen molar-refractivity contribution in [3.63, 3.8) is 0 Å². The van der Waals surface area contributed by atoms with Crippen molar-refractivity contribution in [1.29, 1.82) is 0 Å². The summed E-state index contributed by atoms with van der Waals surface area (Å²) < 4.78 is 2.13. The predicted octanol–water partition coefficient (Wildman–Crippen LogP) is 5.99. The van der Waals surface area contributed by atoms with Crippen molar-refractivity contribution in [3.8, 4) is 0 Å². The van der Waals surface area contributed by atoms with E-state index in [1.807, 2.05) is 0 Å². The summed E-state index contributed by atoms with van der Waals surface area (Å²) in [7, 11) is 2.06. The van der Waals surface area contributed by atoms with E-state index in [0.29, 0.717) is 6.54 Å². The Morgan fingerprint density at radius 1 is 1.00 bits per heavy atom. The van der Waals surface area contributed by atoms with Gasteiger partial charge < -0.3 is 10.0 Å².